The molecule has 1 fully saturated rings. The molecule has 0 atom stereocenters. The van der Waals surface area contributed by atoms with Crippen molar-refractivity contribution in [3.63, 3.8) is 0 Å². The van der Waals surface area contributed by atoms with Crippen LogP contribution in [0.15, 0.2) is 42.2 Å². The molecule has 1 aliphatic rings. The van der Waals surface area contributed by atoms with E-state index < -0.39 is 0 Å². The Kier molecular flexibility index (Phi) is 4.21. The van der Waals surface area contributed by atoms with E-state index in [0.29, 0.717) is 11.6 Å². The molecule has 5 heteroatoms. The number of hydrogen-bond donors (Lipinski definition) is 2. The molecule has 1 saturated heterocycles. The first-order valence-electron chi connectivity index (χ1n) is 7.04. The number of rotatable bonds is 3. The number of nitrogens with zero attached hydrogens (tertiary/aromatic N) is 2. The fourth-order valence-corrected chi connectivity index (χ4v) is 2.31. The molecule has 21 heavy (non-hydrogen) atoms. The zero-order valence-corrected chi connectivity index (χ0v) is 11.6. The summed E-state index contributed by atoms with van der Waals surface area (Å²) in [7, 11) is 0. The van der Waals surface area contributed by atoms with Gasteiger partial charge in [0.2, 0.25) is 5.95 Å². The summed E-state index contributed by atoms with van der Waals surface area (Å²) in [5.74, 6) is 0.177. The minimum Gasteiger partial charge on any atom is -0.324 e. The van der Waals surface area contributed by atoms with Crippen molar-refractivity contribution in [2.24, 2.45) is 0 Å². The first-order chi connectivity index (χ1) is 10.3. The summed E-state index contributed by atoms with van der Waals surface area (Å²) in [5.41, 5.74) is 2.99. The lowest BCUT2D eigenvalue weighted by molar-refractivity contribution is 0.613. The van der Waals surface area contributed by atoms with Gasteiger partial charge in [-0.05, 0) is 37.6 Å². The molecule has 0 bridgehead atoms. The number of anilines is 2. The SMILES string of the molecule is Fc1cccc(Nc2ncc(/C=C3/CCCNC3)cn2)c1. The van der Waals surface area contributed by atoms with Gasteiger partial charge in [0, 0.05) is 30.2 Å². The molecule has 0 radical (unpaired) electrons. The van der Waals surface area contributed by atoms with E-state index in [1.54, 1.807) is 24.5 Å². The molecule has 0 unspecified atom stereocenters. The summed E-state index contributed by atoms with van der Waals surface area (Å²) in [6, 6.07) is 6.23. The Morgan fingerprint density at radius 1 is 1.24 bits per heavy atom. The van der Waals surface area contributed by atoms with Gasteiger partial charge in [0.05, 0.1) is 0 Å². The second-order valence-electron chi connectivity index (χ2n) is 5.06. The second-order valence-corrected chi connectivity index (χ2v) is 5.06. The van der Waals surface area contributed by atoms with Gasteiger partial charge in [-0.2, -0.15) is 0 Å². The maximum atomic E-state index is 13.1. The Morgan fingerprint density at radius 3 is 2.81 bits per heavy atom. The average Bonchev–Trinajstić information content (AvgIpc) is 2.50. The molecule has 2 heterocycles. The molecule has 108 valence electrons. The standard InChI is InChI=1S/C16H17FN4/c17-14-4-1-5-15(8-14)21-16-19-10-13(11-20-16)7-12-3-2-6-18-9-12/h1,4-5,7-8,10-11,18H,2-3,6,9H2,(H,19,20,21)/b12-7-. The third-order valence-corrected chi connectivity index (χ3v) is 3.33. The van der Waals surface area contributed by atoms with Gasteiger partial charge in [-0.3, -0.25) is 0 Å². The number of hydrogen-bond acceptors (Lipinski definition) is 4. The summed E-state index contributed by atoms with van der Waals surface area (Å²) in [6.45, 7) is 2.02. The van der Waals surface area contributed by atoms with Crippen LogP contribution in [0.4, 0.5) is 16.0 Å². The maximum Gasteiger partial charge on any atom is 0.227 e. The third kappa shape index (κ3) is 3.86. The van der Waals surface area contributed by atoms with Gasteiger partial charge in [0.25, 0.3) is 0 Å². The van der Waals surface area contributed by atoms with Crippen LogP contribution in [0.25, 0.3) is 6.08 Å². The van der Waals surface area contributed by atoms with Crippen molar-refractivity contribution in [2.45, 2.75) is 12.8 Å². The van der Waals surface area contributed by atoms with E-state index in [0.717, 1.165) is 25.1 Å². The number of aromatic nitrogens is 2. The Labute approximate surface area is 123 Å². The lowest BCUT2D eigenvalue weighted by Crippen LogP contribution is -2.23. The topological polar surface area (TPSA) is 49.8 Å². The van der Waals surface area contributed by atoms with Gasteiger partial charge in [-0.1, -0.05) is 17.7 Å². The molecule has 4 nitrogen and oxygen atoms in total. The molecule has 0 saturated carbocycles. The Balaban J connectivity index is 1.69. The predicted molar refractivity (Wildman–Crippen MR) is 81.8 cm³/mol. The second kappa shape index (κ2) is 6.45. The van der Waals surface area contributed by atoms with Gasteiger partial charge in [0.1, 0.15) is 5.82 Å². The maximum absolute atomic E-state index is 13.1. The number of halogens is 1. The van der Waals surface area contributed by atoms with Crippen molar-refractivity contribution in [1.29, 1.82) is 0 Å². The van der Waals surface area contributed by atoms with Crippen LogP contribution in [0.3, 0.4) is 0 Å². The molecule has 1 aromatic carbocycles. The van der Waals surface area contributed by atoms with Crippen LogP contribution in [0.5, 0.6) is 0 Å². The summed E-state index contributed by atoms with van der Waals surface area (Å²) < 4.78 is 13.1. The Morgan fingerprint density at radius 2 is 2.10 bits per heavy atom. The first-order valence-corrected chi connectivity index (χ1v) is 7.04. The predicted octanol–water partition coefficient (Wildman–Crippen LogP) is 3.13. The highest BCUT2D eigenvalue weighted by Crippen LogP contribution is 2.16. The van der Waals surface area contributed by atoms with Crippen LogP contribution >= 0.6 is 0 Å². The van der Waals surface area contributed by atoms with E-state index in [2.05, 4.69) is 26.7 Å². The number of piperidine rings is 1. The molecule has 0 aliphatic carbocycles. The van der Waals surface area contributed by atoms with Crippen LogP contribution in [-0.2, 0) is 0 Å². The highest BCUT2D eigenvalue weighted by Gasteiger charge is 2.05. The van der Waals surface area contributed by atoms with Gasteiger partial charge in [-0.25, -0.2) is 14.4 Å². The normalized spacial score (nSPS) is 16.9. The summed E-state index contributed by atoms with van der Waals surface area (Å²) >= 11 is 0. The molecule has 3 rings (SSSR count). The van der Waals surface area contributed by atoms with Crippen LogP contribution in [0.1, 0.15) is 18.4 Å². The van der Waals surface area contributed by atoms with Gasteiger partial charge >= 0.3 is 0 Å². The van der Waals surface area contributed by atoms with Crippen LogP contribution in [-0.4, -0.2) is 23.1 Å². The molecule has 1 aromatic heterocycles. The number of nitrogens with one attached hydrogen (secondary N) is 2. The van der Waals surface area contributed by atoms with E-state index >= 15 is 0 Å². The third-order valence-electron chi connectivity index (χ3n) is 3.33. The molecule has 0 spiro atoms. The lowest BCUT2D eigenvalue weighted by Gasteiger charge is -2.15. The fourth-order valence-electron chi connectivity index (χ4n) is 2.31. The van der Waals surface area contributed by atoms with Crippen LogP contribution < -0.4 is 10.6 Å². The average molecular weight is 284 g/mol. The highest BCUT2D eigenvalue weighted by atomic mass is 19.1. The molecule has 2 aromatic rings. The van der Waals surface area contributed by atoms with Gasteiger partial charge in [0.15, 0.2) is 0 Å². The minimum absolute atomic E-state index is 0.286. The Hall–Kier alpha value is -2.27. The van der Waals surface area contributed by atoms with Crippen molar-refractivity contribution in [3.8, 4) is 0 Å². The van der Waals surface area contributed by atoms with Crippen molar-refractivity contribution in [3.05, 3.63) is 53.6 Å². The molecule has 1 aliphatic heterocycles. The zero-order chi connectivity index (χ0) is 14.5. The minimum atomic E-state index is -0.286. The van der Waals surface area contributed by atoms with E-state index in [9.17, 15) is 4.39 Å². The Bertz CT molecular complexity index is 629. The van der Waals surface area contributed by atoms with Crippen molar-refractivity contribution in [2.75, 3.05) is 18.4 Å². The lowest BCUT2D eigenvalue weighted by atomic mass is 10.0. The van der Waals surface area contributed by atoms with Crippen molar-refractivity contribution >= 4 is 17.7 Å². The fraction of sp³-hybridized carbons (Fsp3) is 0.250. The van der Waals surface area contributed by atoms with E-state index in [1.165, 1.54) is 24.1 Å². The summed E-state index contributed by atoms with van der Waals surface area (Å²) in [5, 5.41) is 6.33. The zero-order valence-electron chi connectivity index (χ0n) is 11.6. The monoisotopic (exact) mass is 284 g/mol. The van der Waals surface area contributed by atoms with Gasteiger partial charge < -0.3 is 10.6 Å². The van der Waals surface area contributed by atoms with Crippen LogP contribution in [0.2, 0.25) is 0 Å². The molecular formula is C16H17FN4. The van der Waals surface area contributed by atoms with E-state index in [4.69, 9.17) is 0 Å². The molecule has 2 N–H and O–H groups in total. The van der Waals surface area contributed by atoms with E-state index in [1.807, 2.05) is 0 Å². The van der Waals surface area contributed by atoms with Gasteiger partial charge in [-0.15, -0.1) is 0 Å². The quantitative estimate of drug-likeness (QED) is 0.909. The molecular weight excluding hydrogens is 267 g/mol. The highest BCUT2D eigenvalue weighted by molar-refractivity contribution is 5.55. The van der Waals surface area contributed by atoms with Crippen LogP contribution in [0, 0.1) is 5.82 Å². The number of benzene rings is 1. The summed E-state index contributed by atoms with van der Waals surface area (Å²) in [6.07, 6.45) is 7.97. The molecule has 0 amide bonds. The summed E-state index contributed by atoms with van der Waals surface area (Å²) in [4.78, 5) is 8.52. The van der Waals surface area contributed by atoms with Crippen molar-refractivity contribution < 1.29 is 4.39 Å². The first kappa shape index (κ1) is 13.7. The van der Waals surface area contributed by atoms with E-state index in [-0.39, 0.29) is 5.82 Å². The van der Waals surface area contributed by atoms with Crippen molar-refractivity contribution in [1.82, 2.24) is 15.3 Å². The smallest absolute Gasteiger partial charge is 0.227 e. The largest absolute Gasteiger partial charge is 0.324 e.